The van der Waals surface area contributed by atoms with E-state index in [-0.39, 0.29) is 11.5 Å². The Morgan fingerprint density at radius 1 is 0.933 bits per heavy atom. The zero-order valence-electron chi connectivity index (χ0n) is 15.9. The van der Waals surface area contributed by atoms with Gasteiger partial charge in [-0.1, -0.05) is 34.1 Å². The molecule has 4 rings (SSSR count). The summed E-state index contributed by atoms with van der Waals surface area (Å²) in [5.74, 6) is -1.28. The summed E-state index contributed by atoms with van der Waals surface area (Å²) in [6.45, 7) is 1.56. The molecular weight excluding hydrogens is 446 g/mol. The third-order valence-corrected chi connectivity index (χ3v) is 5.45. The van der Waals surface area contributed by atoms with Gasteiger partial charge >= 0.3 is 5.97 Å². The molecule has 0 unspecified atom stereocenters. The Bertz CT molecular complexity index is 1130. The average Bonchev–Trinajstić information content (AvgIpc) is 3.18. The summed E-state index contributed by atoms with van der Waals surface area (Å²) in [4.78, 5) is 25.6. The number of nitrogens with zero attached hydrogens (tertiary/aromatic N) is 2. The highest BCUT2D eigenvalue weighted by Gasteiger charge is 2.20. The van der Waals surface area contributed by atoms with Crippen LogP contribution in [0.25, 0.3) is 0 Å². The van der Waals surface area contributed by atoms with Crippen molar-refractivity contribution in [3.63, 3.8) is 0 Å². The van der Waals surface area contributed by atoms with Crippen LogP contribution in [0.2, 0.25) is 0 Å². The van der Waals surface area contributed by atoms with Gasteiger partial charge in [-0.2, -0.15) is 5.10 Å². The molecular formula is C23H18BrN3O3. The smallest absolute Gasteiger partial charge is 0.335 e. The predicted octanol–water partition coefficient (Wildman–Crippen LogP) is 4.43. The summed E-state index contributed by atoms with van der Waals surface area (Å²) < 4.78 is 1.04. The molecule has 1 amide bonds. The van der Waals surface area contributed by atoms with E-state index in [0.717, 1.165) is 28.8 Å². The van der Waals surface area contributed by atoms with Crippen LogP contribution in [-0.4, -0.2) is 23.2 Å². The molecule has 0 fully saturated rings. The van der Waals surface area contributed by atoms with E-state index in [9.17, 15) is 9.59 Å². The first-order valence-electron chi connectivity index (χ1n) is 9.29. The van der Waals surface area contributed by atoms with E-state index >= 15 is 0 Å². The number of carboxylic acid groups (broad SMARTS) is 1. The lowest BCUT2D eigenvalue weighted by Gasteiger charge is -2.17. The molecule has 0 radical (unpaired) electrons. The minimum atomic E-state index is -0.984. The van der Waals surface area contributed by atoms with E-state index in [2.05, 4.69) is 43.5 Å². The molecule has 2 N–H and O–H groups in total. The van der Waals surface area contributed by atoms with E-state index in [4.69, 9.17) is 5.11 Å². The molecule has 3 aromatic carbocycles. The number of hydrazone groups is 1. The van der Waals surface area contributed by atoms with Gasteiger partial charge in [0.25, 0.3) is 5.91 Å². The second kappa shape index (κ2) is 8.51. The maximum Gasteiger partial charge on any atom is 0.335 e. The van der Waals surface area contributed by atoms with Gasteiger partial charge in [0.2, 0.25) is 0 Å². The molecule has 0 aliphatic carbocycles. The highest BCUT2D eigenvalue weighted by molar-refractivity contribution is 9.10. The highest BCUT2D eigenvalue weighted by atomic mass is 79.9. The maximum atomic E-state index is 12.4. The number of nitrogens with one attached hydrogen (secondary N) is 1. The summed E-state index contributed by atoms with van der Waals surface area (Å²) >= 11 is 3.45. The molecule has 7 heteroatoms. The van der Waals surface area contributed by atoms with E-state index in [1.54, 1.807) is 18.2 Å². The lowest BCUT2D eigenvalue weighted by atomic mass is 10.1. The van der Waals surface area contributed by atoms with Crippen LogP contribution < -0.4 is 10.3 Å². The third-order valence-electron chi connectivity index (χ3n) is 4.92. The molecule has 30 heavy (non-hydrogen) atoms. The number of anilines is 1. The molecule has 0 saturated carbocycles. The number of fused-ring (bicyclic) bond motifs is 1. The molecule has 0 bridgehead atoms. The molecule has 150 valence electrons. The number of hydrogen-bond acceptors (Lipinski definition) is 4. The fourth-order valence-electron chi connectivity index (χ4n) is 3.31. The van der Waals surface area contributed by atoms with Gasteiger partial charge < -0.3 is 10.0 Å². The van der Waals surface area contributed by atoms with Gasteiger partial charge in [-0.25, -0.2) is 10.2 Å². The largest absolute Gasteiger partial charge is 0.478 e. The van der Waals surface area contributed by atoms with Gasteiger partial charge in [0.15, 0.2) is 0 Å². The Balaban J connectivity index is 1.40. The fraction of sp³-hybridized carbons (Fsp3) is 0.0870. The minimum absolute atomic E-state index is 0.200. The third kappa shape index (κ3) is 4.41. The van der Waals surface area contributed by atoms with Crippen LogP contribution in [0.5, 0.6) is 0 Å². The SMILES string of the molecule is O=C(O)c1ccc(/C=N/NC(=O)c2ccc3c(c2)CN(c2ccc(Br)cc2)C3)cc1. The number of benzene rings is 3. The maximum absolute atomic E-state index is 12.4. The number of hydrogen-bond donors (Lipinski definition) is 2. The van der Waals surface area contributed by atoms with Crippen LogP contribution in [0.4, 0.5) is 5.69 Å². The number of carboxylic acids is 1. The van der Waals surface area contributed by atoms with Gasteiger partial charge in [0, 0.05) is 28.8 Å². The van der Waals surface area contributed by atoms with Gasteiger partial charge in [-0.05, 0) is 65.2 Å². The first-order valence-corrected chi connectivity index (χ1v) is 10.1. The first kappa shape index (κ1) is 19.8. The molecule has 3 aromatic rings. The van der Waals surface area contributed by atoms with Crippen molar-refractivity contribution < 1.29 is 14.7 Å². The van der Waals surface area contributed by atoms with Crippen molar-refractivity contribution in [1.29, 1.82) is 0 Å². The van der Waals surface area contributed by atoms with Gasteiger partial charge in [-0.15, -0.1) is 0 Å². The Kier molecular flexibility index (Phi) is 5.63. The zero-order chi connectivity index (χ0) is 21.1. The summed E-state index contributed by atoms with van der Waals surface area (Å²) in [5.41, 5.74) is 7.43. The van der Waals surface area contributed by atoms with Crippen LogP contribution in [-0.2, 0) is 13.1 Å². The van der Waals surface area contributed by atoms with Gasteiger partial charge in [0.1, 0.15) is 0 Å². The van der Waals surface area contributed by atoms with Crippen LogP contribution in [0.3, 0.4) is 0 Å². The molecule has 1 heterocycles. The Morgan fingerprint density at radius 2 is 1.60 bits per heavy atom. The normalized spacial score (nSPS) is 12.8. The number of carbonyl (C=O) groups is 2. The van der Waals surface area contributed by atoms with Crippen molar-refractivity contribution in [3.05, 3.63) is 99.0 Å². The lowest BCUT2D eigenvalue weighted by Crippen LogP contribution is -2.18. The Labute approximate surface area is 182 Å². The van der Waals surface area contributed by atoms with E-state index in [1.807, 2.05) is 24.3 Å². The average molecular weight is 464 g/mol. The minimum Gasteiger partial charge on any atom is -0.478 e. The monoisotopic (exact) mass is 463 g/mol. The van der Waals surface area contributed by atoms with E-state index < -0.39 is 5.97 Å². The van der Waals surface area contributed by atoms with Crippen molar-refractivity contribution in [1.82, 2.24) is 5.43 Å². The number of aromatic carboxylic acids is 1. The van der Waals surface area contributed by atoms with Crippen LogP contribution >= 0.6 is 15.9 Å². The van der Waals surface area contributed by atoms with Crippen molar-refractivity contribution in [2.24, 2.45) is 5.10 Å². The van der Waals surface area contributed by atoms with E-state index in [0.29, 0.717) is 11.1 Å². The molecule has 0 saturated heterocycles. The van der Waals surface area contributed by atoms with Crippen LogP contribution in [0.15, 0.2) is 76.3 Å². The van der Waals surface area contributed by atoms with Crippen molar-refractivity contribution in [2.45, 2.75) is 13.1 Å². The lowest BCUT2D eigenvalue weighted by molar-refractivity contribution is 0.0696. The van der Waals surface area contributed by atoms with E-state index in [1.165, 1.54) is 23.9 Å². The summed E-state index contributed by atoms with van der Waals surface area (Å²) in [6, 6.07) is 20.1. The second-order valence-corrected chi connectivity index (χ2v) is 7.86. The molecule has 1 aliphatic heterocycles. The molecule has 0 spiro atoms. The zero-order valence-corrected chi connectivity index (χ0v) is 17.5. The summed E-state index contributed by atoms with van der Waals surface area (Å²) in [6.07, 6.45) is 1.48. The summed E-state index contributed by atoms with van der Waals surface area (Å²) in [5, 5.41) is 12.9. The Morgan fingerprint density at radius 3 is 2.30 bits per heavy atom. The Hall–Kier alpha value is -3.45. The van der Waals surface area contributed by atoms with Gasteiger partial charge in [0.05, 0.1) is 11.8 Å². The van der Waals surface area contributed by atoms with Crippen molar-refractivity contribution in [2.75, 3.05) is 4.90 Å². The second-order valence-electron chi connectivity index (χ2n) is 6.94. The molecule has 6 nitrogen and oxygen atoms in total. The fourth-order valence-corrected chi connectivity index (χ4v) is 3.58. The number of carbonyl (C=O) groups excluding carboxylic acids is 1. The number of amides is 1. The van der Waals surface area contributed by atoms with Gasteiger partial charge in [-0.3, -0.25) is 4.79 Å². The quantitative estimate of drug-likeness (QED) is 0.433. The summed E-state index contributed by atoms with van der Waals surface area (Å²) in [7, 11) is 0. The first-order chi connectivity index (χ1) is 14.5. The number of halogens is 1. The van der Waals surface area contributed by atoms with Crippen molar-refractivity contribution >= 4 is 39.7 Å². The highest BCUT2D eigenvalue weighted by Crippen LogP contribution is 2.29. The van der Waals surface area contributed by atoms with Crippen LogP contribution in [0, 0.1) is 0 Å². The molecule has 1 aliphatic rings. The van der Waals surface area contributed by atoms with Crippen molar-refractivity contribution in [3.8, 4) is 0 Å². The predicted molar refractivity (Wildman–Crippen MR) is 119 cm³/mol. The topological polar surface area (TPSA) is 82.0 Å². The standard InChI is InChI=1S/C23H18BrN3O3/c24-20-7-9-21(10-8-20)27-13-18-6-5-17(11-19(18)14-27)22(28)26-25-12-15-1-3-16(4-2-15)23(29)30/h1-12H,13-14H2,(H,26,28)(H,29,30)/b25-12+. The molecule has 0 aromatic heterocycles. The van der Waals surface area contributed by atoms with Crippen LogP contribution in [0.1, 0.15) is 37.4 Å². The molecule has 0 atom stereocenters. The number of rotatable bonds is 5.